The Balaban J connectivity index is 2.46. The van der Waals surface area contributed by atoms with Crippen molar-refractivity contribution < 1.29 is 14.2 Å². The molecule has 0 aliphatic rings. The molecule has 1 unspecified atom stereocenters. The number of benzene rings is 1. The number of halogens is 1. The van der Waals surface area contributed by atoms with Crippen molar-refractivity contribution in [3.8, 4) is 17.2 Å². The van der Waals surface area contributed by atoms with E-state index in [1.54, 1.807) is 32.7 Å². The lowest BCUT2D eigenvalue weighted by atomic mass is 10.0. The first-order valence-electron chi connectivity index (χ1n) is 6.10. The number of hydrogen-bond acceptors (Lipinski definition) is 4. The number of thiophene rings is 1. The zero-order valence-electron chi connectivity index (χ0n) is 11.9. The summed E-state index contributed by atoms with van der Waals surface area (Å²) in [5.41, 5.74) is 2.04. The van der Waals surface area contributed by atoms with Gasteiger partial charge >= 0.3 is 0 Å². The van der Waals surface area contributed by atoms with Crippen LogP contribution >= 0.6 is 22.9 Å². The van der Waals surface area contributed by atoms with E-state index in [0.29, 0.717) is 11.5 Å². The standard InChI is InChI=1S/C15H17ClO3S/c1-9-7-12(18-3)13(19-4)8-10(9)14(16)15-11(17-2)5-6-20-15/h5-8,14H,1-4H3. The molecule has 0 saturated heterocycles. The molecule has 5 heteroatoms. The predicted molar refractivity (Wildman–Crippen MR) is 82.9 cm³/mol. The second-order valence-corrected chi connectivity index (χ2v) is 5.66. The highest BCUT2D eigenvalue weighted by Gasteiger charge is 2.21. The highest BCUT2D eigenvalue weighted by atomic mass is 35.5. The van der Waals surface area contributed by atoms with E-state index in [4.69, 9.17) is 25.8 Å². The Kier molecular flexibility index (Phi) is 4.78. The topological polar surface area (TPSA) is 27.7 Å². The molecule has 0 amide bonds. The van der Waals surface area contributed by atoms with Gasteiger partial charge in [-0.25, -0.2) is 0 Å². The number of aryl methyl sites for hydroxylation is 1. The van der Waals surface area contributed by atoms with Crippen LogP contribution in [0.3, 0.4) is 0 Å². The van der Waals surface area contributed by atoms with Gasteiger partial charge in [-0.15, -0.1) is 22.9 Å². The molecule has 0 aliphatic heterocycles. The van der Waals surface area contributed by atoms with Crippen LogP contribution in [0, 0.1) is 6.92 Å². The summed E-state index contributed by atoms with van der Waals surface area (Å²) < 4.78 is 16.0. The Labute approximate surface area is 128 Å². The van der Waals surface area contributed by atoms with Gasteiger partial charge in [0.1, 0.15) is 5.75 Å². The van der Waals surface area contributed by atoms with Crippen molar-refractivity contribution in [2.45, 2.75) is 12.3 Å². The SMILES string of the molecule is COc1cc(C)c(C(Cl)c2sccc2OC)cc1OC. The van der Waals surface area contributed by atoms with Gasteiger partial charge in [-0.1, -0.05) is 0 Å². The maximum Gasteiger partial charge on any atom is 0.161 e. The molecule has 0 radical (unpaired) electrons. The van der Waals surface area contributed by atoms with E-state index in [1.165, 1.54) is 0 Å². The van der Waals surface area contributed by atoms with Gasteiger partial charge in [0.25, 0.3) is 0 Å². The summed E-state index contributed by atoms with van der Waals surface area (Å²) in [4.78, 5) is 0.990. The third kappa shape index (κ3) is 2.72. The second kappa shape index (κ2) is 6.37. The van der Waals surface area contributed by atoms with Gasteiger partial charge in [-0.3, -0.25) is 0 Å². The minimum absolute atomic E-state index is 0.273. The molecule has 2 rings (SSSR count). The average Bonchev–Trinajstić information content (AvgIpc) is 2.94. The summed E-state index contributed by atoms with van der Waals surface area (Å²) in [5.74, 6) is 2.19. The summed E-state index contributed by atoms with van der Waals surface area (Å²) in [6.07, 6.45) is 0. The zero-order valence-corrected chi connectivity index (χ0v) is 13.5. The van der Waals surface area contributed by atoms with Gasteiger partial charge in [0.2, 0.25) is 0 Å². The number of alkyl halides is 1. The molecule has 0 fully saturated rings. The Hall–Kier alpha value is -1.39. The molecule has 0 aliphatic carbocycles. The van der Waals surface area contributed by atoms with E-state index in [0.717, 1.165) is 21.8 Å². The Bertz CT molecular complexity index is 595. The van der Waals surface area contributed by atoms with Crippen molar-refractivity contribution in [3.63, 3.8) is 0 Å². The van der Waals surface area contributed by atoms with E-state index < -0.39 is 0 Å². The molecule has 1 aromatic heterocycles. The third-order valence-corrected chi connectivity index (χ3v) is 4.70. The van der Waals surface area contributed by atoms with Crippen LogP contribution in [0.2, 0.25) is 0 Å². The van der Waals surface area contributed by atoms with Crippen molar-refractivity contribution in [3.05, 3.63) is 39.6 Å². The van der Waals surface area contributed by atoms with E-state index in [9.17, 15) is 0 Å². The fourth-order valence-corrected chi connectivity index (χ4v) is 3.42. The number of hydrogen-bond donors (Lipinski definition) is 0. The third-order valence-electron chi connectivity index (χ3n) is 3.15. The molecule has 2 aromatic rings. The molecule has 0 bridgehead atoms. The van der Waals surface area contributed by atoms with Crippen LogP contribution < -0.4 is 14.2 Å². The molecule has 0 N–H and O–H groups in total. The first kappa shape index (κ1) is 15.0. The number of ether oxygens (including phenoxy) is 3. The summed E-state index contributed by atoms with van der Waals surface area (Å²) in [6.45, 7) is 2.01. The molecular weight excluding hydrogens is 296 g/mol. The summed E-state index contributed by atoms with van der Waals surface area (Å²) in [7, 11) is 4.89. The van der Waals surface area contributed by atoms with E-state index in [-0.39, 0.29) is 5.38 Å². The number of rotatable bonds is 5. The van der Waals surface area contributed by atoms with Gasteiger partial charge in [0, 0.05) is 0 Å². The summed E-state index contributed by atoms with van der Waals surface area (Å²) in [5, 5.41) is 1.70. The zero-order chi connectivity index (χ0) is 14.7. The molecule has 108 valence electrons. The molecule has 0 spiro atoms. The number of methoxy groups -OCH3 is 3. The van der Waals surface area contributed by atoms with Crippen molar-refractivity contribution in [2.24, 2.45) is 0 Å². The molecule has 0 saturated carbocycles. The summed E-state index contributed by atoms with van der Waals surface area (Å²) in [6, 6.07) is 5.78. The minimum Gasteiger partial charge on any atom is -0.496 e. The quantitative estimate of drug-likeness (QED) is 0.765. The van der Waals surface area contributed by atoms with E-state index in [2.05, 4.69) is 0 Å². The molecule has 3 nitrogen and oxygen atoms in total. The van der Waals surface area contributed by atoms with E-state index >= 15 is 0 Å². The highest BCUT2D eigenvalue weighted by Crippen LogP contribution is 2.42. The van der Waals surface area contributed by atoms with Crippen molar-refractivity contribution in [1.82, 2.24) is 0 Å². The van der Waals surface area contributed by atoms with Crippen LogP contribution in [0.1, 0.15) is 21.4 Å². The first-order chi connectivity index (χ1) is 9.62. The maximum atomic E-state index is 6.62. The molecule has 1 atom stereocenters. The largest absolute Gasteiger partial charge is 0.496 e. The van der Waals surface area contributed by atoms with Crippen LogP contribution in [0.4, 0.5) is 0 Å². The minimum atomic E-state index is -0.273. The van der Waals surface area contributed by atoms with Crippen molar-refractivity contribution in [1.29, 1.82) is 0 Å². The van der Waals surface area contributed by atoms with Crippen LogP contribution in [0.5, 0.6) is 17.2 Å². The Morgan fingerprint density at radius 2 is 1.60 bits per heavy atom. The van der Waals surface area contributed by atoms with Gasteiger partial charge in [-0.05, 0) is 41.6 Å². The monoisotopic (exact) mass is 312 g/mol. The van der Waals surface area contributed by atoms with Crippen molar-refractivity contribution in [2.75, 3.05) is 21.3 Å². The lowest BCUT2D eigenvalue weighted by Crippen LogP contribution is -1.99. The van der Waals surface area contributed by atoms with Crippen LogP contribution in [-0.4, -0.2) is 21.3 Å². The molecule has 20 heavy (non-hydrogen) atoms. The van der Waals surface area contributed by atoms with Gasteiger partial charge in [-0.2, -0.15) is 0 Å². The second-order valence-electron chi connectivity index (χ2n) is 4.28. The first-order valence-corrected chi connectivity index (χ1v) is 7.42. The highest BCUT2D eigenvalue weighted by molar-refractivity contribution is 7.10. The van der Waals surface area contributed by atoms with Gasteiger partial charge < -0.3 is 14.2 Å². The average molecular weight is 313 g/mol. The van der Waals surface area contributed by atoms with E-state index in [1.807, 2.05) is 30.5 Å². The Morgan fingerprint density at radius 3 is 2.20 bits per heavy atom. The van der Waals surface area contributed by atoms with Crippen LogP contribution in [-0.2, 0) is 0 Å². The maximum absolute atomic E-state index is 6.62. The predicted octanol–water partition coefficient (Wildman–Crippen LogP) is 4.41. The van der Waals surface area contributed by atoms with Crippen LogP contribution in [0.15, 0.2) is 23.6 Å². The molecular formula is C15H17ClO3S. The lowest BCUT2D eigenvalue weighted by molar-refractivity contribution is 0.354. The normalized spacial score (nSPS) is 12.1. The Morgan fingerprint density at radius 1 is 1.00 bits per heavy atom. The molecule has 1 heterocycles. The summed E-state index contributed by atoms with van der Waals surface area (Å²) >= 11 is 8.20. The smallest absolute Gasteiger partial charge is 0.161 e. The fourth-order valence-electron chi connectivity index (χ4n) is 2.07. The lowest BCUT2D eigenvalue weighted by Gasteiger charge is -2.16. The van der Waals surface area contributed by atoms with Crippen molar-refractivity contribution >= 4 is 22.9 Å². The van der Waals surface area contributed by atoms with Crippen LogP contribution in [0.25, 0.3) is 0 Å². The molecule has 1 aromatic carbocycles. The van der Waals surface area contributed by atoms with Gasteiger partial charge in [0.05, 0.1) is 31.6 Å². The fraction of sp³-hybridized carbons (Fsp3) is 0.333. The van der Waals surface area contributed by atoms with Gasteiger partial charge in [0.15, 0.2) is 11.5 Å².